The number of amides is 1. The zero-order valence-electron chi connectivity index (χ0n) is 11.3. The summed E-state index contributed by atoms with van der Waals surface area (Å²) < 4.78 is 5.51. The minimum atomic E-state index is -0.603. The van der Waals surface area contributed by atoms with Crippen molar-refractivity contribution in [3.63, 3.8) is 0 Å². The Morgan fingerprint density at radius 2 is 2.18 bits per heavy atom. The Hall–Kier alpha value is -0.0900. The fraction of sp³-hybridized carbons (Fsp3) is 0.923. The van der Waals surface area contributed by atoms with Gasteiger partial charge in [0.2, 0.25) is 0 Å². The van der Waals surface area contributed by atoms with E-state index in [0.29, 0.717) is 18.0 Å². The summed E-state index contributed by atoms with van der Waals surface area (Å²) in [6, 6.07) is 0. The van der Waals surface area contributed by atoms with Crippen LogP contribution in [-0.4, -0.2) is 29.5 Å². The highest BCUT2D eigenvalue weighted by Gasteiger charge is 2.37. The summed E-state index contributed by atoms with van der Waals surface area (Å²) in [5.74, 6) is 0.0216. The van der Waals surface area contributed by atoms with Crippen LogP contribution in [0.25, 0.3) is 0 Å². The van der Waals surface area contributed by atoms with Crippen LogP contribution in [0.1, 0.15) is 47.0 Å². The van der Waals surface area contributed by atoms with Crippen LogP contribution in [0.15, 0.2) is 0 Å². The highest BCUT2D eigenvalue weighted by atomic mass is 79.9. The van der Waals surface area contributed by atoms with E-state index in [2.05, 4.69) is 42.0 Å². The molecule has 100 valence electrons. The SMILES string of the molecule is CC(C)(C)CC(Br)CNC(=O)C1(C)CCCO1. The van der Waals surface area contributed by atoms with Gasteiger partial charge in [0.1, 0.15) is 5.60 Å². The summed E-state index contributed by atoms with van der Waals surface area (Å²) in [5, 5.41) is 2.98. The van der Waals surface area contributed by atoms with E-state index in [9.17, 15) is 4.79 Å². The van der Waals surface area contributed by atoms with Crippen LogP contribution in [0.3, 0.4) is 0 Å². The first-order chi connectivity index (χ1) is 7.73. The second-order valence-corrected chi connectivity index (χ2v) is 7.55. The highest BCUT2D eigenvalue weighted by Crippen LogP contribution is 2.26. The van der Waals surface area contributed by atoms with E-state index in [4.69, 9.17) is 4.74 Å². The summed E-state index contributed by atoms with van der Waals surface area (Å²) in [7, 11) is 0. The van der Waals surface area contributed by atoms with Crippen molar-refractivity contribution in [3.05, 3.63) is 0 Å². The van der Waals surface area contributed by atoms with E-state index in [-0.39, 0.29) is 11.3 Å². The van der Waals surface area contributed by atoms with Crippen molar-refractivity contribution < 1.29 is 9.53 Å². The summed E-state index contributed by atoms with van der Waals surface area (Å²) in [4.78, 5) is 12.3. The van der Waals surface area contributed by atoms with Gasteiger partial charge in [-0.25, -0.2) is 0 Å². The predicted molar refractivity (Wildman–Crippen MR) is 73.4 cm³/mol. The van der Waals surface area contributed by atoms with Gasteiger partial charge in [-0.05, 0) is 31.6 Å². The van der Waals surface area contributed by atoms with Gasteiger partial charge in [0.15, 0.2) is 0 Å². The van der Waals surface area contributed by atoms with Crippen LogP contribution < -0.4 is 5.32 Å². The van der Waals surface area contributed by atoms with E-state index in [1.165, 1.54) is 0 Å². The number of nitrogens with one attached hydrogen (secondary N) is 1. The Morgan fingerprint density at radius 3 is 2.65 bits per heavy atom. The molecule has 17 heavy (non-hydrogen) atoms. The van der Waals surface area contributed by atoms with Gasteiger partial charge in [0.25, 0.3) is 5.91 Å². The average molecular weight is 306 g/mol. The number of rotatable bonds is 4. The number of alkyl halides is 1. The molecule has 2 atom stereocenters. The summed E-state index contributed by atoms with van der Waals surface area (Å²) in [5.41, 5.74) is -0.332. The van der Waals surface area contributed by atoms with Gasteiger partial charge in [-0.1, -0.05) is 36.7 Å². The number of ether oxygens (including phenoxy) is 1. The monoisotopic (exact) mass is 305 g/mol. The minimum absolute atomic E-state index is 0.0216. The maximum absolute atomic E-state index is 12.0. The molecule has 1 heterocycles. The van der Waals surface area contributed by atoms with Gasteiger partial charge >= 0.3 is 0 Å². The molecule has 0 aromatic carbocycles. The maximum Gasteiger partial charge on any atom is 0.252 e. The molecule has 0 saturated carbocycles. The molecule has 1 aliphatic rings. The summed E-state index contributed by atoms with van der Waals surface area (Å²) in [6.07, 6.45) is 2.83. The number of carbonyl (C=O) groups excluding carboxylic acids is 1. The molecule has 4 heteroatoms. The van der Waals surface area contributed by atoms with Gasteiger partial charge in [-0.2, -0.15) is 0 Å². The molecule has 0 spiro atoms. The van der Waals surface area contributed by atoms with Gasteiger partial charge in [0.05, 0.1) is 0 Å². The first-order valence-electron chi connectivity index (χ1n) is 6.29. The second kappa shape index (κ2) is 5.70. The van der Waals surface area contributed by atoms with Gasteiger partial charge in [-0.3, -0.25) is 4.79 Å². The zero-order valence-corrected chi connectivity index (χ0v) is 12.9. The standard InChI is InChI=1S/C13H24BrNO2/c1-12(2,3)8-10(14)9-15-11(16)13(4)6-5-7-17-13/h10H,5-9H2,1-4H3,(H,15,16). The second-order valence-electron chi connectivity index (χ2n) is 6.25. The zero-order chi connectivity index (χ0) is 13.1. The van der Waals surface area contributed by atoms with E-state index < -0.39 is 5.60 Å². The van der Waals surface area contributed by atoms with Crippen molar-refractivity contribution in [1.29, 1.82) is 0 Å². The van der Waals surface area contributed by atoms with Crippen molar-refractivity contribution in [2.45, 2.75) is 57.4 Å². The molecule has 1 rings (SSSR count). The van der Waals surface area contributed by atoms with Gasteiger partial charge in [-0.15, -0.1) is 0 Å². The minimum Gasteiger partial charge on any atom is -0.365 e. The smallest absolute Gasteiger partial charge is 0.252 e. The largest absolute Gasteiger partial charge is 0.365 e. The van der Waals surface area contributed by atoms with E-state index in [1.807, 2.05) is 6.92 Å². The molecule has 1 fully saturated rings. The third-order valence-electron chi connectivity index (χ3n) is 3.02. The van der Waals surface area contributed by atoms with Crippen LogP contribution in [0.5, 0.6) is 0 Å². The van der Waals surface area contributed by atoms with Crippen molar-refractivity contribution in [3.8, 4) is 0 Å². The number of halogens is 1. The van der Waals surface area contributed by atoms with E-state index in [0.717, 1.165) is 19.3 Å². The molecule has 3 nitrogen and oxygen atoms in total. The quantitative estimate of drug-likeness (QED) is 0.811. The van der Waals surface area contributed by atoms with Gasteiger partial charge in [0, 0.05) is 18.0 Å². The lowest BCUT2D eigenvalue weighted by Crippen LogP contribution is -2.45. The van der Waals surface area contributed by atoms with Gasteiger partial charge < -0.3 is 10.1 Å². The lowest BCUT2D eigenvalue weighted by molar-refractivity contribution is -0.139. The van der Waals surface area contributed by atoms with Crippen LogP contribution in [-0.2, 0) is 9.53 Å². The van der Waals surface area contributed by atoms with Crippen LogP contribution in [0.2, 0.25) is 0 Å². The predicted octanol–water partition coefficient (Wildman–Crippen LogP) is 2.87. The third kappa shape index (κ3) is 4.96. The first kappa shape index (κ1) is 15.0. The normalized spacial score (nSPS) is 26.9. The van der Waals surface area contributed by atoms with E-state index >= 15 is 0 Å². The number of hydrogen-bond acceptors (Lipinski definition) is 2. The summed E-state index contributed by atoms with van der Waals surface area (Å²) >= 11 is 3.61. The third-order valence-corrected chi connectivity index (χ3v) is 3.66. The van der Waals surface area contributed by atoms with Crippen molar-refractivity contribution in [2.24, 2.45) is 5.41 Å². The number of hydrogen-bond donors (Lipinski definition) is 1. The van der Waals surface area contributed by atoms with Crippen molar-refractivity contribution >= 4 is 21.8 Å². The molecule has 1 amide bonds. The Morgan fingerprint density at radius 1 is 1.53 bits per heavy atom. The molecule has 2 unspecified atom stereocenters. The molecular weight excluding hydrogens is 282 g/mol. The topological polar surface area (TPSA) is 38.3 Å². The molecule has 0 aromatic rings. The molecule has 1 N–H and O–H groups in total. The Kier molecular flexibility index (Phi) is 5.02. The first-order valence-corrected chi connectivity index (χ1v) is 7.21. The maximum atomic E-state index is 12.0. The molecule has 0 aliphatic carbocycles. The van der Waals surface area contributed by atoms with Crippen LogP contribution in [0, 0.1) is 5.41 Å². The molecule has 0 bridgehead atoms. The Bertz CT molecular complexity index is 267. The average Bonchev–Trinajstić information content (AvgIpc) is 2.60. The molecule has 1 saturated heterocycles. The van der Waals surface area contributed by atoms with Crippen LogP contribution >= 0.6 is 15.9 Å². The lowest BCUT2D eigenvalue weighted by Gasteiger charge is -2.25. The summed E-state index contributed by atoms with van der Waals surface area (Å²) in [6.45, 7) is 9.83. The Balaban J connectivity index is 2.33. The van der Waals surface area contributed by atoms with Crippen LogP contribution in [0.4, 0.5) is 0 Å². The lowest BCUT2D eigenvalue weighted by atomic mass is 9.90. The van der Waals surface area contributed by atoms with Crippen molar-refractivity contribution in [2.75, 3.05) is 13.2 Å². The van der Waals surface area contributed by atoms with E-state index in [1.54, 1.807) is 0 Å². The molecule has 0 radical (unpaired) electrons. The molecule has 1 aliphatic heterocycles. The molecular formula is C13H24BrNO2. The fourth-order valence-corrected chi connectivity index (χ4v) is 3.22. The number of carbonyl (C=O) groups is 1. The molecule has 0 aromatic heterocycles. The fourth-order valence-electron chi connectivity index (χ4n) is 2.09. The highest BCUT2D eigenvalue weighted by molar-refractivity contribution is 9.09. The Labute approximate surface area is 113 Å². The van der Waals surface area contributed by atoms with Crippen molar-refractivity contribution in [1.82, 2.24) is 5.32 Å².